The lowest BCUT2D eigenvalue weighted by molar-refractivity contribution is 0.467. The second-order valence-electron chi connectivity index (χ2n) is 8.27. The van der Waals surface area contributed by atoms with Gasteiger partial charge in [-0.2, -0.15) is 0 Å². The van der Waals surface area contributed by atoms with Crippen molar-refractivity contribution in [2.75, 3.05) is 16.2 Å². The molecule has 0 atom stereocenters. The lowest BCUT2D eigenvalue weighted by Crippen LogP contribution is -2.41. The molecule has 1 aromatic heterocycles. The van der Waals surface area contributed by atoms with Crippen LogP contribution in [0.15, 0.2) is 64.7 Å². The topological polar surface area (TPSA) is 75.4 Å². The van der Waals surface area contributed by atoms with Crippen LogP contribution in [0.3, 0.4) is 0 Å². The van der Waals surface area contributed by atoms with Crippen LogP contribution in [0.4, 0.5) is 11.4 Å². The number of hydrogen-bond acceptors (Lipinski definition) is 5. The first kappa shape index (κ1) is 21.5. The Morgan fingerprint density at radius 3 is 2.74 bits per heavy atom. The summed E-state index contributed by atoms with van der Waals surface area (Å²) in [5.41, 5.74) is 3.23. The third-order valence-corrected chi connectivity index (χ3v) is 7.68. The molecule has 0 radical (unpaired) electrons. The summed E-state index contributed by atoms with van der Waals surface area (Å²) < 4.78 is 34.0. The van der Waals surface area contributed by atoms with Crippen molar-refractivity contribution in [2.24, 2.45) is 0 Å². The Labute approximate surface area is 187 Å². The maximum atomic E-state index is 13.6. The van der Waals surface area contributed by atoms with Crippen LogP contribution in [-0.4, -0.2) is 19.9 Å². The van der Waals surface area contributed by atoms with Gasteiger partial charge in [0.1, 0.15) is 0 Å². The molecule has 1 aliphatic rings. The number of benzene rings is 2. The SMILES string of the molecule is C=C(Nc1cccc(S(=O)(=O)N2CCC(C)(C)c3cc(Cl)ccc32)c1)c1ocnc1C. The van der Waals surface area contributed by atoms with Gasteiger partial charge >= 0.3 is 0 Å². The molecule has 31 heavy (non-hydrogen) atoms. The molecule has 0 bridgehead atoms. The number of nitrogens with zero attached hydrogens (tertiary/aromatic N) is 2. The Hall–Kier alpha value is -2.77. The van der Waals surface area contributed by atoms with Crippen LogP contribution < -0.4 is 9.62 Å². The highest BCUT2D eigenvalue weighted by molar-refractivity contribution is 7.92. The number of oxazole rings is 1. The number of halogens is 1. The van der Waals surface area contributed by atoms with E-state index in [0.717, 1.165) is 5.56 Å². The fourth-order valence-electron chi connectivity index (χ4n) is 3.84. The predicted octanol–water partition coefficient (Wildman–Crippen LogP) is 5.60. The number of aromatic nitrogens is 1. The van der Waals surface area contributed by atoms with Crippen LogP contribution in [0, 0.1) is 6.92 Å². The summed E-state index contributed by atoms with van der Waals surface area (Å²) in [6, 6.07) is 12.0. The molecular weight excluding hydrogens is 434 g/mol. The number of anilines is 2. The van der Waals surface area contributed by atoms with E-state index in [1.807, 2.05) is 13.0 Å². The Bertz CT molecular complexity index is 1260. The van der Waals surface area contributed by atoms with E-state index in [2.05, 4.69) is 30.7 Å². The highest BCUT2D eigenvalue weighted by atomic mass is 35.5. The van der Waals surface area contributed by atoms with E-state index in [4.69, 9.17) is 16.0 Å². The predicted molar refractivity (Wildman–Crippen MR) is 124 cm³/mol. The van der Waals surface area contributed by atoms with Crippen LogP contribution in [0.25, 0.3) is 5.70 Å². The standard InChI is InChI=1S/C23H24ClN3O3S/c1-15-22(30-14-25-15)16(2)26-18-6-5-7-19(13-18)31(28,29)27-11-10-23(3,4)20-12-17(24)8-9-21(20)27/h5-9,12-14,26H,2,10-11H2,1,3-4H3. The largest absolute Gasteiger partial charge is 0.442 e. The minimum absolute atomic E-state index is 0.164. The number of aryl methyl sites for hydroxylation is 1. The van der Waals surface area contributed by atoms with E-state index in [1.54, 1.807) is 36.4 Å². The lowest BCUT2D eigenvalue weighted by atomic mass is 9.78. The van der Waals surface area contributed by atoms with Crippen LogP contribution in [0.5, 0.6) is 0 Å². The number of hydrogen-bond donors (Lipinski definition) is 1. The first-order chi connectivity index (χ1) is 14.6. The molecule has 3 aromatic rings. The van der Waals surface area contributed by atoms with Crippen molar-refractivity contribution in [3.63, 3.8) is 0 Å². The number of sulfonamides is 1. The quantitative estimate of drug-likeness (QED) is 0.540. The number of nitrogens with one attached hydrogen (secondary N) is 1. The average molecular weight is 458 g/mol. The van der Waals surface area contributed by atoms with E-state index in [1.165, 1.54) is 10.7 Å². The molecule has 2 heterocycles. The van der Waals surface area contributed by atoms with Gasteiger partial charge in [-0.3, -0.25) is 4.31 Å². The third-order valence-electron chi connectivity index (χ3n) is 5.63. The molecule has 1 aliphatic heterocycles. The molecule has 1 N–H and O–H groups in total. The van der Waals surface area contributed by atoms with Gasteiger partial charge in [-0.05, 0) is 60.7 Å². The van der Waals surface area contributed by atoms with Gasteiger partial charge in [0, 0.05) is 17.3 Å². The summed E-state index contributed by atoms with van der Waals surface area (Å²) in [6.45, 7) is 10.4. The van der Waals surface area contributed by atoms with Crippen molar-refractivity contribution in [1.82, 2.24) is 4.98 Å². The van der Waals surface area contributed by atoms with E-state index >= 15 is 0 Å². The Balaban J connectivity index is 1.68. The van der Waals surface area contributed by atoms with Crippen molar-refractivity contribution in [3.8, 4) is 0 Å². The maximum Gasteiger partial charge on any atom is 0.264 e. The Kier molecular flexibility index (Phi) is 5.35. The van der Waals surface area contributed by atoms with Crippen molar-refractivity contribution >= 4 is 38.7 Å². The Morgan fingerprint density at radius 1 is 1.26 bits per heavy atom. The molecule has 4 rings (SSSR count). The highest BCUT2D eigenvalue weighted by Crippen LogP contribution is 2.43. The summed E-state index contributed by atoms with van der Waals surface area (Å²) in [6.07, 6.45) is 2.04. The zero-order chi connectivity index (χ0) is 22.4. The fraction of sp³-hybridized carbons (Fsp3) is 0.261. The molecule has 0 saturated carbocycles. The lowest BCUT2D eigenvalue weighted by Gasteiger charge is -2.39. The van der Waals surface area contributed by atoms with Gasteiger partial charge in [-0.15, -0.1) is 0 Å². The van der Waals surface area contributed by atoms with Crippen molar-refractivity contribution in [3.05, 3.63) is 77.5 Å². The second-order valence-corrected chi connectivity index (χ2v) is 10.6. The van der Waals surface area contributed by atoms with Gasteiger partial charge in [0.25, 0.3) is 10.0 Å². The van der Waals surface area contributed by atoms with Gasteiger partial charge in [0.05, 0.1) is 22.0 Å². The number of rotatable bonds is 5. The van der Waals surface area contributed by atoms with E-state index in [-0.39, 0.29) is 10.3 Å². The zero-order valence-electron chi connectivity index (χ0n) is 17.6. The van der Waals surface area contributed by atoms with Gasteiger partial charge in [-0.1, -0.05) is 38.1 Å². The van der Waals surface area contributed by atoms with Crippen molar-refractivity contribution < 1.29 is 12.8 Å². The summed E-state index contributed by atoms with van der Waals surface area (Å²) in [4.78, 5) is 4.25. The normalized spacial score (nSPS) is 15.4. The number of fused-ring (bicyclic) bond motifs is 1. The first-order valence-electron chi connectivity index (χ1n) is 9.89. The molecular formula is C23H24ClN3O3S. The fourth-order valence-corrected chi connectivity index (χ4v) is 5.54. The molecule has 0 spiro atoms. The molecule has 0 unspecified atom stereocenters. The van der Waals surface area contributed by atoms with Gasteiger partial charge in [0.2, 0.25) is 0 Å². The average Bonchev–Trinajstić information content (AvgIpc) is 3.14. The molecule has 0 amide bonds. The second kappa shape index (κ2) is 7.73. The molecule has 8 heteroatoms. The monoisotopic (exact) mass is 457 g/mol. The zero-order valence-corrected chi connectivity index (χ0v) is 19.2. The molecule has 2 aromatic carbocycles. The maximum absolute atomic E-state index is 13.6. The molecule has 162 valence electrons. The summed E-state index contributed by atoms with van der Waals surface area (Å²) in [7, 11) is -3.77. The first-order valence-corrected chi connectivity index (χ1v) is 11.7. The van der Waals surface area contributed by atoms with Gasteiger partial charge in [0.15, 0.2) is 12.2 Å². The van der Waals surface area contributed by atoms with E-state index in [9.17, 15) is 8.42 Å². The minimum atomic E-state index is -3.77. The summed E-state index contributed by atoms with van der Waals surface area (Å²) >= 11 is 6.21. The van der Waals surface area contributed by atoms with Crippen LogP contribution in [0.1, 0.15) is 37.3 Å². The minimum Gasteiger partial charge on any atom is -0.442 e. The van der Waals surface area contributed by atoms with E-state index < -0.39 is 10.0 Å². The smallest absolute Gasteiger partial charge is 0.264 e. The summed E-state index contributed by atoms with van der Waals surface area (Å²) in [5, 5.41) is 3.71. The van der Waals surface area contributed by atoms with Crippen LogP contribution >= 0.6 is 11.6 Å². The van der Waals surface area contributed by atoms with Gasteiger partial charge in [-0.25, -0.2) is 13.4 Å². The van der Waals surface area contributed by atoms with Crippen molar-refractivity contribution in [2.45, 2.75) is 37.5 Å². The van der Waals surface area contributed by atoms with E-state index in [0.29, 0.717) is 46.5 Å². The van der Waals surface area contributed by atoms with Crippen LogP contribution in [0.2, 0.25) is 5.02 Å². The third kappa shape index (κ3) is 3.95. The molecule has 0 saturated heterocycles. The summed E-state index contributed by atoms with van der Waals surface area (Å²) in [5.74, 6) is 0.525. The highest BCUT2D eigenvalue weighted by Gasteiger charge is 2.37. The molecule has 6 nitrogen and oxygen atoms in total. The van der Waals surface area contributed by atoms with Crippen molar-refractivity contribution in [1.29, 1.82) is 0 Å². The molecule has 0 fully saturated rings. The van der Waals surface area contributed by atoms with Crippen LogP contribution in [-0.2, 0) is 15.4 Å². The van der Waals surface area contributed by atoms with Gasteiger partial charge < -0.3 is 9.73 Å². The molecule has 0 aliphatic carbocycles. The Morgan fingerprint density at radius 2 is 2.03 bits per heavy atom.